The minimum atomic E-state index is -0.238. The smallest absolute Gasteiger partial charge is 0.278 e. The number of hydrogen-bond acceptors (Lipinski definition) is 3. The van der Waals surface area contributed by atoms with Crippen molar-refractivity contribution in [1.82, 2.24) is 4.90 Å². The highest BCUT2D eigenvalue weighted by Crippen LogP contribution is 2.37. The molecule has 2 aromatic carbocycles. The first-order valence-electron chi connectivity index (χ1n) is 10.3. The van der Waals surface area contributed by atoms with Crippen LogP contribution in [0.4, 0.5) is 4.39 Å². The summed E-state index contributed by atoms with van der Waals surface area (Å²) in [6.45, 7) is 3.21. The molecule has 0 radical (unpaired) electrons. The lowest BCUT2D eigenvalue weighted by Crippen LogP contribution is -3.08. The predicted molar refractivity (Wildman–Crippen MR) is 108 cm³/mol. The van der Waals surface area contributed by atoms with Crippen molar-refractivity contribution in [3.63, 3.8) is 0 Å². The van der Waals surface area contributed by atoms with Gasteiger partial charge in [0.2, 0.25) is 0 Å². The maximum Gasteiger partial charge on any atom is 0.278 e. The Morgan fingerprint density at radius 2 is 1.86 bits per heavy atom. The number of fused-ring (bicyclic) bond motifs is 1. The molecular formula is C23H28FN2O3+. The molecule has 4 rings (SSSR count). The highest BCUT2D eigenvalue weighted by molar-refractivity contribution is 5.78. The second-order valence-electron chi connectivity index (χ2n) is 7.94. The number of halogens is 1. The van der Waals surface area contributed by atoms with Gasteiger partial charge in [0.1, 0.15) is 12.4 Å². The summed E-state index contributed by atoms with van der Waals surface area (Å²) >= 11 is 0. The van der Waals surface area contributed by atoms with Crippen LogP contribution in [0.3, 0.4) is 0 Å². The SMILES string of the molecule is C[NH+](CC(=O)N1CCC[C@@H]1c1ccc2c(c1)OCCCO2)Cc1ccc(F)cc1. The standard InChI is InChI=1S/C23H27FN2O3/c1-25(15-17-5-8-19(24)9-6-17)16-23(27)26-11-2-4-20(26)18-7-10-21-22(14-18)29-13-3-12-28-21/h5-10,14,20H,2-4,11-13,15-16H2,1H3/p+1/t20-/m1/s1. The van der Waals surface area contributed by atoms with E-state index in [1.165, 1.54) is 12.1 Å². The first kappa shape index (κ1) is 19.7. The first-order valence-corrected chi connectivity index (χ1v) is 10.3. The highest BCUT2D eigenvalue weighted by Gasteiger charge is 2.32. The van der Waals surface area contributed by atoms with Crippen molar-refractivity contribution in [1.29, 1.82) is 0 Å². The normalized spacial score (nSPS) is 19.7. The van der Waals surface area contributed by atoms with Gasteiger partial charge >= 0.3 is 0 Å². The molecule has 29 heavy (non-hydrogen) atoms. The molecule has 2 aromatic rings. The molecule has 1 N–H and O–H groups in total. The number of carbonyl (C=O) groups is 1. The van der Waals surface area contributed by atoms with E-state index in [1.807, 2.05) is 24.1 Å². The Bertz CT molecular complexity index is 856. The summed E-state index contributed by atoms with van der Waals surface area (Å²) in [6.07, 6.45) is 2.84. The van der Waals surface area contributed by atoms with Crippen LogP contribution < -0.4 is 14.4 Å². The average molecular weight is 399 g/mol. The highest BCUT2D eigenvalue weighted by atomic mass is 19.1. The fraction of sp³-hybridized carbons (Fsp3) is 0.435. The molecule has 0 aliphatic carbocycles. The fourth-order valence-corrected chi connectivity index (χ4v) is 4.17. The quantitative estimate of drug-likeness (QED) is 0.840. The number of rotatable bonds is 5. The Morgan fingerprint density at radius 3 is 2.66 bits per heavy atom. The molecule has 5 nitrogen and oxygen atoms in total. The number of hydrogen-bond donors (Lipinski definition) is 1. The van der Waals surface area contributed by atoms with E-state index < -0.39 is 0 Å². The maximum absolute atomic E-state index is 13.1. The van der Waals surface area contributed by atoms with Crippen LogP contribution in [-0.2, 0) is 11.3 Å². The van der Waals surface area contributed by atoms with Crippen molar-refractivity contribution in [2.75, 3.05) is 33.4 Å². The number of ether oxygens (including phenoxy) is 2. The molecule has 0 bridgehead atoms. The average Bonchev–Trinajstić information content (AvgIpc) is 3.09. The van der Waals surface area contributed by atoms with Crippen LogP contribution >= 0.6 is 0 Å². The third-order valence-corrected chi connectivity index (χ3v) is 5.60. The Morgan fingerprint density at radius 1 is 1.10 bits per heavy atom. The molecule has 1 amide bonds. The van der Waals surface area contributed by atoms with E-state index in [0.29, 0.717) is 26.3 Å². The Hall–Kier alpha value is -2.60. The summed E-state index contributed by atoms with van der Waals surface area (Å²) in [7, 11) is 2.00. The molecule has 2 heterocycles. The third kappa shape index (κ3) is 4.70. The molecule has 6 heteroatoms. The Balaban J connectivity index is 1.41. The molecule has 0 spiro atoms. The minimum absolute atomic E-state index is 0.0817. The topological polar surface area (TPSA) is 43.2 Å². The van der Waals surface area contributed by atoms with Gasteiger partial charge < -0.3 is 19.3 Å². The van der Waals surface area contributed by atoms with Crippen LogP contribution in [0.2, 0.25) is 0 Å². The number of quaternary nitrogens is 1. The van der Waals surface area contributed by atoms with Crippen LogP contribution in [0.5, 0.6) is 11.5 Å². The zero-order valence-electron chi connectivity index (χ0n) is 16.8. The first-order chi connectivity index (χ1) is 14.1. The van der Waals surface area contributed by atoms with E-state index >= 15 is 0 Å². The molecule has 1 saturated heterocycles. The summed E-state index contributed by atoms with van der Waals surface area (Å²) in [4.78, 5) is 16.1. The van der Waals surface area contributed by atoms with Crippen LogP contribution in [0, 0.1) is 5.82 Å². The largest absolute Gasteiger partial charge is 0.490 e. The van der Waals surface area contributed by atoms with Gasteiger partial charge in [-0.25, -0.2) is 4.39 Å². The van der Waals surface area contributed by atoms with E-state index in [9.17, 15) is 9.18 Å². The van der Waals surface area contributed by atoms with E-state index in [1.54, 1.807) is 12.1 Å². The van der Waals surface area contributed by atoms with Crippen molar-refractivity contribution < 1.29 is 23.6 Å². The molecule has 0 aromatic heterocycles. The van der Waals surface area contributed by atoms with Gasteiger partial charge in [-0.3, -0.25) is 4.79 Å². The second kappa shape index (κ2) is 8.82. The van der Waals surface area contributed by atoms with Crippen molar-refractivity contribution in [2.24, 2.45) is 0 Å². The van der Waals surface area contributed by atoms with Crippen LogP contribution in [0.1, 0.15) is 36.4 Å². The zero-order valence-corrected chi connectivity index (χ0v) is 16.8. The molecule has 1 fully saturated rings. The summed E-state index contributed by atoms with van der Waals surface area (Å²) in [6, 6.07) is 12.6. The van der Waals surface area contributed by atoms with Gasteiger partial charge in [-0.05, 0) is 42.7 Å². The van der Waals surface area contributed by atoms with Gasteiger partial charge in [-0.15, -0.1) is 0 Å². The van der Waals surface area contributed by atoms with E-state index in [4.69, 9.17) is 9.47 Å². The van der Waals surface area contributed by atoms with Gasteiger partial charge in [0.05, 0.1) is 26.3 Å². The summed E-state index contributed by atoms with van der Waals surface area (Å²) in [5.41, 5.74) is 2.13. The van der Waals surface area contributed by atoms with Crippen LogP contribution in [0.15, 0.2) is 42.5 Å². The molecule has 0 saturated carbocycles. The fourth-order valence-electron chi connectivity index (χ4n) is 4.17. The number of carbonyl (C=O) groups excluding carboxylic acids is 1. The van der Waals surface area contributed by atoms with Crippen molar-refractivity contribution in [2.45, 2.75) is 31.8 Å². The molecular weight excluding hydrogens is 371 g/mol. The number of likely N-dealkylation sites (tertiary alicyclic amines) is 1. The Kier molecular flexibility index (Phi) is 6.00. The number of benzene rings is 2. The van der Waals surface area contributed by atoms with E-state index in [2.05, 4.69) is 6.07 Å². The minimum Gasteiger partial charge on any atom is -0.490 e. The van der Waals surface area contributed by atoms with Gasteiger partial charge in [0, 0.05) is 18.5 Å². The van der Waals surface area contributed by atoms with Gasteiger partial charge in [-0.1, -0.05) is 18.2 Å². The lowest BCUT2D eigenvalue weighted by molar-refractivity contribution is -0.885. The number of nitrogens with zero attached hydrogens (tertiary/aromatic N) is 1. The molecule has 154 valence electrons. The molecule has 1 unspecified atom stereocenters. The third-order valence-electron chi connectivity index (χ3n) is 5.60. The number of nitrogens with one attached hydrogen (secondary N) is 1. The monoisotopic (exact) mass is 399 g/mol. The second-order valence-corrected chi connectivity index (χ2v) is 7.94. The molecule has 2 aliphatic heterocycles. The Labute approximate surface area is 171 Å². The molecule has 2 aliphatic rings. The lowest BCUT2D eigenvalue weighted by atomic mass is 10.0. The summed E-state index contributed by atoms with van der Waals surface area (Å²) < 4.78 is 24.6. The zero-order chi connectivity index (χ0) is 20.2. The summed E-state index contributed by atoms with van der Waals surface area (Å²) in [5, 5.41) is 0. The van der Waals surface area contributed by atoms with Crippen LogP contribution in [-0.4, -0.2) is 44.2 Å². The van der Waals surface area contributed by atoms with E-state index in [-0.39, 0.29) is 17.8 Å². The lowest BCUT2D eigenvalue weighted by Gasteiger charge is -2.26. The van der Waals surface area contributed by atoms with Gasteiger partial charge in [0.25, 0.3) is 5.91 Å². The van der Waals surface area contributed by atoms with E-state index in [0.717, 1.165) is 53.3 Å². The van der Waals surface area contributed by atoms with Crippen LogP contribution in [0.25, 0.3) is 0 Å². The number of likely N-dealkylation sites (N-methyl/N-ethyl adjacent to an activating group) is 1. The van der Waals surface area contributed by atoms with Crippen molar-refractivity contribution in [3.8, 4) is 11.5 Å². The van der Waals surface area contributed by atoms with Crippen molar-refractivity contribution >= 4 is 5.91 Å². The van der Waals surface area contributed by atoms with Gasteiger partial charge in [0.15, 0.2) is 18.0 Å². The summed E-state index contributed by atoms with van der Waals surface area (Å²) in [5.74, 6) is 1.47. The molecule has 2 atom stereocenters. The number of amides is 1. The predicted octanol–water partition coefficient (Wildman–Crippen LogP) is 2.37. The van der Waals surface area contributed by atoms with Gasteiger partial charge in [-0.2, -0.15) is 0 Å². The van der Waals surface area contributed by atoms with Crippen molar-refractivity contribution in [3.05, 3.63) is 59.4 Å². The maximum atomic E-state index is 13.1.